The third-order valence-electron chi connectivity index (χ3n) is 4.45. The molecule has 0 fully saturated rings. The average Bonchev–Trinajstić information content (AvgIpc) is 3.11. The highest BCUT2D eigenvalue weighted by atomic mass is 16.2. The van der Waals surface area contributed by atoms with E-state index in [2.05, 4.69) is 20.4 Å². The van der Waals surface area contributed by atoms with Crippen LogP contribution in [-0.2, 0) is 18.4 Å². The van der Waals surface area contributed by atoms with Crippen molar-refractivity contribution in [2.45, 2.75) is 12.6 Å². The fourth-order valence-corrected chi connectivity index (χ4v) is 3.06. The van der Waals surface area contributed by atoms with Crippen LogP contribution in [0, 0.1) is 0 Å². The van der Waals surface area contributed by atoms with Gasteiger partial charge in [-0.05, 0) is 17.7 Å². The quantitative estimate of drug-likeness (QED) is 0.570. The summed E-state index contributed by atoms with van der Waals surface area (Å²) in [6.45, 7) is -0.146. The van der Waals surface area contributed by atoms with Crippen LogP contribution >= 0.6 is 0 Å². The summed E-state index contributed by atoms with van der Waals surface area (Å²) in [5.41, 5.74) is 1.80. The lowest BCUT2D eigenvalue weighted by molar-refractivity contribution is -0.122. The predicted octanol–water partition coefficient (Wildman–Crippen LogP) is 1.43. The molecule has 8 heteroatoms. The van der Waals surface area contributed by atoms with Gasteiger partial charge in [0.1, 0.15) is 18.3 Å². The van der Waals surface area contributed by atoms with E-state index in [-0.39, 0.29) is 18.0 Å². The summed E-state index contributed by atoms with van der Waals surface area (Å²) in [7, 11) is 1.71. The van der Waals surface area contributed by atoms with Crippen molar-refractivity contribution >= 4 is 16.9 Å². The Morgan fingerprint density at radius 3 is 2.64 bits per heavy atom. The Bertz CT molecular complexity index is 1130. The van der Waals surface area contributed by atoms with Gasteiger partial charge in [-0.1, -0.05) is 36.4 Å². The monoisotopic (exact) mass is 374 g/mol. The van der Waals surface area contributed by atoms with E-state index < -0.39 is 6.04 Å². The zero-order chi connectivity index (χ0) is 19.5. The first-order chi connectivity index (χ1) is 13.6. The SMILES string of the molecule is Cn1ncc2c(=O)n(CC(=O)NC(c3ccccc3)c3ccccn3)cnc21. The standard InChI is InChI=1S/C20H18N6O2/c1-25-19-15(11-23-25)20(28)26(13-22-19)12-17(27)24-18(14-7-3-2-4-8-14)16-9-5-6-10-21-16/h2-11,13,18H,12H2,1H3,(H,24,27). The van der Waals surface area contributed by atoms with Gasteiger partial charge in [-0.15, -0.1) is 0 Å². The summed E-state index contributed by atoms with van der Waals surface area (Å²) in [6, 6.07) is 14.7. The number of carbonyl (C=O) groups excluding carboxylic acids is 1. The van der Waals surface area contributed by atoms with E-state index in [0.717, 1.165) is 11.3 Å². The molecule has 1 unspecified atom stereocenters. The maximum absolute atomic E-state index is 12.7. The molecule has 0 aliphatic heterocycles. The number of benzene rings is 1. The number of pyridine rings is 1. The summed E-state index contributed by atoms with van der Waals surface area (Å²) < 4.78 is 2.80. The molecule has 8 nitrogen and oxygen atoms in total. The molecule has 3 heterocycles. The number of hydrogen-bond donors (Lipinski definition) is 1. The molecular weight excluding hydrogens is 356 g/mol. The third-order valence-corrected chi connectivity index (χ3v) is 4.45. The third kappa shape index (κ3) is 3.39. The van der Waals surface area contributed by atoms with E-state index in [9.17, 15) is 9.59 Å². The number of aryl methyl sites for hydroxylation is 1. The van der Waals surface area contributed by atoms with Crippen LogP contribution < -0.4 is 10.9 Å². The van der Waals surface area contributed by atoms with E-state index in [1.807, 2.05) is 48.5 Å². The first kappa shape index (κ1) is 17.6. The molecule has 0 spiro atoms. The lowest BCUT2D eigenvalue weighted by Gasteiger charge is -2.19. The van der Waals surface area contributed by atoms with Crippen LogP contribution in [0.15, 0.2) is 72.0 Å². The molecule has 1 atom stereocenters. The second kappa shape index (κ2) is 7.43. The van der Waals surface area contributed by atoms with Crippen molar-refractivity contribution in [2.75, 3.05) is 0 Å². The van der Waals surface area contributed by atoms with Gasteiger partial charge < -0.3 is 5.32 Å². The van der Waals surface area contributed by atoms with Crippen LogP contribution in [0.1, 0.15) is 17.3 Å². The molecule has 4 rings (SSSR count). The summed E-state index contributed by atoms with van der Waals surface area (Å²) in [5.74, 6) is -0.313. The van der Waals surface area contributed by atoms with Crippen molar-refractivity contribution in [3.05, 3.63) is 88.9 Å². The summed E-state index contributed by atoms with van der Waals surface area (Å²) in [5, 5.41) is 7.38. The van der Waals surface area contributed by atoms with Crippen molar-refractivity contribution in [1.82, 2.24) is 29.6 Å². The predicted molar refractivity (Wildman–Crippen MR) is 103 cm³/mol. The Balaban J connectivity index is 1.60. The lowest BCUT2D eigenvalue weighted by Crippen LogP contribution is -2.35. The summed E-state index contributed by atoms with van der Waals surface area (Å²) in [6.07, 6.45) is 4.51. The molecule has 140 valence electrons. The number of aromatic nitrogens is 5. The highest BCUT2D eigenvalue weighted by molar-refractivity contribution is 5.78. The molecule has 1 N–H and O–H groups in total. The Morgan fingerprint density at radius 1 is 1.11 bits per heavy atom. The first-order valence-electron chi connectivity index (χ1n) is 8.76. The molecule has 0 saturated heterocycles. The molecule has 1 amide bonds. The number of nitrogens with one attached hydrogen (secondary N) is 1. The van der Waals surface area contributed by atoms with Gasteiger partial charge in [0.25, 0.3) is 5.56 Å². The molecule has 1 aromatic carbocycles. The van der Waals surface area contributed by atoms with E-state index in [4.69, 9.17) is 0 Å². The maximum Gasteiger partial charge on any atom is 0.264 e. The van der Waals surface area contributed by atoms with Gasteiger partial charge in [0.2, 0.25) is 5.91 Å². The largest absolute Gasteiger partial charge is 0.342 e. The van der Waals surface area contributed by atoms with E-state index >= 15 is 0 Å². The minimum atomic E-state index is -0.416. The zero-order valence-corrected chi connectivity index (χ0v) is 15.2. The van der Waals surface area contributed by atoms with Crippen LogP contribution in [-0.4, -0.2) is 30.2 Å². The number of rotatable bonds is 5. The average molecular weight is 374 g/mol. The number of amides is 1. The molecule has 0 radical (unpaired) electrons. The van der Waals surface area contributed by atoms with E-state index in [0.29, 0.717) is 11.0 Å². The van der Waals surface area contributed by atoms with Gasteiger partial charge in [0.05, 0.1) is 17.9 Å². The Morgan fingerprint density at radius 2 is 1.89 bits per heavy atom. The van der Waals surface area contributed by atoms with E-state index in [1.165, 1.54) is 21.8 Å². The summed E-state index contributed by atoms with van der Waals surface area (Å²) >= 11 is 0. The van der Waals surface area contributed by atoms with Gasteiger partial charge >= 0.3 is 0 Å². The van der Waals surface area contributed by atoms with Crippen LogP contribution in [0.2, 0.25) is 0 Å². The molecule has 0 bridgehead atoms. The minimum Gasteiger partial charge on any atom is -0.342 e. The Labute approximate surface area is 160 Å². The Hall–Kier alpha value is -3.81. The molecule has 0 aliphatic carbocycles. The molecule has 0 saturated carbocycles. The number of nitrogens with zero attached hydrogens (tertiary/aromatic N) is 5. The fraction of sp³-hybridized carbons (Fsp3) is 0.150. The molecular formula is C20H18N6O2. The van der Waals surface area contributed by atoms with Gasteiger partial charge in [-0.2, -0.15) is 5.10 Å². The van der Waals surface area contributed by atoms with Gasteiger partial charge in [0, 0.05) is 13.2 Å². The molecule has 0 aliphatic rings. The van der Waals surface area contributed by atoms with Crippen molar-refractivity contribution < 1.29 is 4.79 Å². The van der Waals surface area contributed by atoms with Gasteiger partial charge in [-0.3, -0.25) is 23.8 Å². The van der Waals surface area contributed by atoms with E-state index in [1.54, 1.807) is 13.2 Å². The molecule has 4 aromatic rings. The normalized spacial score (nSPS) is 12.0. The second-order valence-corrected chi connectivity index (χ2v) is 6.35. The van der Waals surface area contributed by atoms with Crippen LogP contribution in [0.4, 0.5) is 0 Å². The number of carbonyl (C=O) groups is 1. The van der Waals surface area contributed by atoms with Crippen molar-refractivity contribution in [3.63, 3.8) is 0 Å². The number of hydrogen-bond acceptors (Lipinski definition) is 5. The minimum absolute atomic E-state index is 0.146. The second-order valence-electron chi connectivity index (χ2n) is 6.35. The van der Waals surface area contributed by atoms with Crippen molar-refractivity contribution in [2.24, 2.45) is 7.05 Å². The fourth-order valence-electron chi connectivity index (χ4n) is 3.06. The molecule has 3 aromatic heterocycles. The van der Waals surface area contributed by atoms with Gasteiger partial charge in [-0.25, -0.2) is 4.98 Å². The first-order valence-corrected chi connectivity index (χ1v) is 8.76. The van der Waals surface area contributed by atoms with Crippen LogP contribution in [0.25, 0.3) is 11.0 Å². The number of fused-ring (bicyclic) bond motifs is 1. The topological polar surface area (TPSA) is 94.7 Å². The lowest BCUT2D eigenvalue weighted by atomic mass is 10.0. The highest BCUT2D eigenvalue weighted by Gasteiger charge is 2.19. The Kier molecular flexibility index (Phi) is 4.67. The van der Waals surface area contributed by atoms with Crippen molar-refractivity contribution in [3.8, 4) is 0 Å². The van der Waals surface area contributed by atoms with Crippen LogP contribution in [0.5, 0.6) is 0 Å². The zero-order valence-electron chi connectivity index (χ0n) is 15.2. The highest BCUT2D eigenvalue weighted by Crippen LogP contribution is 2.19. The van der Waals surface area contributed by atoms with Crippen LogP contribution in [0.3, 0.4) is 0 Å². The smallest absolute Gasteiger partial charge is 0.264 e. The molecule has 28 heavy (non-hydrogen) atoms. The van der Waals surface area contributed by atoms with Crippen molar-refractivity contribution in [1.29, 1.82) is 0 Å². The summed E-state index contributed by atoms with van der Waals surface area (Å²) in [4.78, 5) is 33.9. The van der Waals surface area contributed by atoms with Gasteiger partial charge in [0.15, 0.2) is 5.65 Å². The maximum atomic E-state index is 12.7.